The van der Waals surface area contributed by atoms with E-state index in [2.05, 4.69) is 11.9 Å². The number of aliphatic imine (C=N–C) groups is 1. The number of carbonyl (C=O) groups excluding carboxylic acids is 1. The lowest BCUT2D eigenvalue weighted by molar-refractivity contribution is -0.110. The molecule has 0 bridgehead atoms. The molecule has 13 heavy (non-hydrogen) atoms. The van der Waals surface area contributed by atoms with E-state index in [1.807, 2.05) is 6.08 Å². The van der Waals surface area contributed by atoms with Crippen molar-refractivity contribution in [3.63, 3.8) is 0 Å². The van der Waals surface area contributed by atoms with E-state index in [0.717, 1.165) is 23.5 Å². The summed E-state index contributed by atoms with van der Waals surface area (Å²) in [5, 5.41) is 0.335. The van der Waals surface area contributed by atoms with Gasteiger partial charge in [0.15, 0.2) is 5.78 Å². The van der Waals surface area contributed by atoms with Gasteiger partial charge in [0.2, 0.25) is 0 Å². The number of hydrogen-bond donors (Lipinski definition) is 0. The first-order valence-corrected chi connectivity index (χ1v) is 5.36. The van der Waals surface area contributed by atoms with Crippen molar-refractivity contribution in [1.29, 1.82) is 0 Å². The molecule has 0 aromatic heterocycles. The molecular formula is C10H11NOS. The van der Waals surface area contributed by atoms with Crippen LogP contribution in [-0.4, -0.2) is 16.9 Å². The second-order valence-electron chi connectivity index (χ2n) is 3.12. The molecular weight excluding hydrogens is 182 g/mol. The van der Waals surface area contributed by atoms with Gasteiger partial charge in [0.05, 0.1) is 5.71 Å². The zero-order valence-electron chi connectivity index (χ0n) is 7.49. The molecule has 2 rings (SSSR count). The Hall–Kier alpha value is -0.830. The number of thioether (sulfide) groups is 1. The minimum absolute atomic E-state index is 0.0820. The normalized spacial score (nSPS) is 25.6. The highest BCUT2D eigenvalue weighted by molar-refractivity contribution is 8.05. The molecule has 0 fully saturated rings. The molecule has 0 aromatic carbocycles. The van der Waals surface area contributed by atoms with Crippen molar-refractivity contribution in [3.05, 3.63) is 23.1 Å². The first-order valence-electron chi connectivity index (χ1n) is 4.48. The average Bonchev–Trinajstić information content (AvgIpc) is 2.46. The maximum atomic E-state index is 11.0. The molecule has 3 heteroatoms. The third-order valence-electron chi connectivity index (χ3n) is 2.01. The van der Waals surface area contributed by atoms with Gasteiger partial charge < -0.3 is 0 Å². The zero-order valence-corrected chi connectivity index (χ0v) is 8.30. The van der Waals surface area contributed by atoms with Crippen LogP contribution in [0.3, 0.4) is 0 Å². The van der Waals surface area contributed by atoms with E-state index in [1.54, 1.807) is 23.9 Å². The smallest absolute Gasteiger partial charge is 0.179 e. The maximum absolute atomic E-state index is 11.0. The molecule has 0 saturated heterocycles. The number of hydrogen-bond acceptors (Lipinski definition) is 3. The fourth-order valence-corrected chi connectivity index (χ4v) is 2.63. The van der Waals surface area contributed by atoms with Crippen molar-refractivity contribution in [2.45, 2.75) is 25.1 Å². The molecule has 68 valence electrons. The summed E-state index contributed by atoms with van der Waals surface area (Å²) in [4.78, 5) is 16.6. The minimum Gasteiger partial charge on any atom is -0.290 e. The minimum atomic E-state index is 0.0820. The van der Waals surface area contributed by atoms with Crippen LogP contribution in [0.4, 0.5) is 0 Å². The summed E-state index contributed by atoms with van der Waals surface area (Å²) in [5.74, 6) is 0.0820. The summed E-state index contributed by atoms with van der Waals surface area (Å²) < 4.78 is 0. The Morgan fingerprint density at radius 3 is 3.15 bits per heavy atom. The Morgan fingerprint density at radius 1 is 1.54 bits per heavy atom. The highest BCUT2D eigenvalue weighted by Gasteiger charge is 2.23. The SMILES string of the molecule is CCCC1N=C2C=CC(=O)C=C2S1. The highest BCUT2D eigenvalue weighted by atomic mass is 32.2. The largest absolute Gasteiger partial charge is 0.290 e. The number of fused-ring (bicyclic) bond motifs is 1. The zero-order chi connectivity index (χ0) is 9.26. The van der Waals surface area contributed by atoms with Crippen molar-refractivity contribution in [2.24, 2.45) is 4.99 Å². The van der Waals surface area contributed by atoms with Crippen LogP contribution < -0.4 is 0 Å². The molecule has 0 aromatic rings. The third kappa shape index (κ3) is 1.75. The standard InChI is InChI=1S/C10H11NOS/c1-2-3-10-11-8-5-4-7(12)6-9(8)13-10/h4-6,10H,2-3H2,1H3. The van der Waals surface area contributed by atoms with Gasteiger partial charge in [0, 0.05) is 11.0 Å². The summed E-state index contributed by atoms with van der Waals surface area (Å²) in [6, 6.07) is 0. The third-order valence-corrected chi connectivity index (χ3v) is 3.21. The topological polar surface area (TPSA) is 29.4 Å². The molecule has 1 aliphatic heterocycles. The Bertz CT molecular complexity index is 328. The number of allylic oxidation sites excluding steroid dienone is 4. The van der Waals surface area contributed by atoms with Gasteiger partial charge in [-0.3, -0.25) is 9.79 Å². The first kappa shape index (κ1) is 8.75. The van der Waals surface area contributed by atoms with Crippen LogP contribution >= 0.6 is 11.8 Å². The highest BCUT2D eigenvalue weighted by Crippen LogP contribution is 2.35. The van der Waals surface area contributed by atoms with Gasteiger partial charge >= 0.3 is 0 Å². The molecule has 1 unspecified atom stereocenters. The molecule has 2 nitrogen and oxygen atoms in total. The van der Waals surface area contributed by atoms with Crippen LogP contribution in [0.2, 0.25) is 0 Å². The van der Waals surface area contributed by atoms with Gasteiger partial charge in [-0.05, 0) is 18.6 Å². The summed E-state index contributed by atoms with van der Waals surface area (Å²) >= 11 is 1.71. The Kier molecular flexibility index (Phi) is 2.36. The Labute approximate surface area is 81.8 Å². The lowest BCUT2D eigenvalue weighted by atomic mass is 10.1. The summed E-state index contributed by atoms with van der Waals surface area (Å²) in [5.41, 5.74) is 0.989. The second kappa shape index (κ2) is 3.50. The van der Waals surface area contributed by atoms with E-state index >= 15 is 0 Å². The predicted molar refractivity (Wildman–Crippen MR) is 56.0 cm³/mol. The summed E-state index contributed by atoms with van der Waals surface area (Å²) in [7, 11) is 0. The molecule has 0 N–H and O–H groups in total. The van der Waals surface area contributed by atoms with Crippen LogP contribution in [0.5, 0.6) is 0 Å². The molecule has 2 aliphatic rings. The lowest BCUT2D eigenvalue weighted by Gasteiger charge is -2.02. The van der Waals surface area contributed by atoms with Gasteiger partial charge in [-0.2, -0.15) is 0 Å². The van der Waals surface area contributed by atoms with Crippen molar-refractivity contribution >= 4 is 23.3 Å². The molecule has 1 heterocycles. The van der Waals surface area contributed by atoms with E-state index in [9.17, 15) is 4.79 Å². The van der Waals surface area contributed by atoms with E-state index in [-0.39, 0.29) is 5.78 Å². The lowest BCUT2D eigenvalue weighted by Crippen LogP contribution is -2.01. The first-order chi connectivity index (χ1) is 6.29. The van der Waals surface area contributed by atoms with Gasteiger partial charge in [0.1, 0.15) is 5.37 Å². The predicted octanol–water partition coefficient (Wildman–Crippen LogP) is 2.32. The van der Waals surface area contributed by atoms with Crippen molar-refractivity contribution in [1.82, 2.24) is 0 Å². The van der Waals surface area contributed by atoms with E-state index in [1.165, 1.54) is 0 Å². The molecule has 0 saturated carbocycles. The van der Waals surface area contributed by atoms with Crippen LogP contribution in [0.15, 0.2) is 28.1 Å². The molecule has 0 spiro atoms. The quantitative estimate of drug-likeness (QED) is 0.630. The van der Waals surface area contributed by atoms with E-state index in [4.69, 9.17) is 0 Å². The summed E-state index contributed by atoms with van der Waals surface area (Å²) in [6.45, 7) is 2.15. The maximum Gasteiger partial charge on any atom is 0.179 e. The van der Waals surface area contributed by atoms with Crippen LogP contribution in [-0.2, 0) is 4.79 Å². The molecule has 1 atom stereocenters. The fraction of sp³-hybridized carbons (Fsp3) is 0.400. The van der Waals surface area contributed by atoms with Gasteiger partial charge in [-0.15, -0.1) is 0 Å². The average molecular weight is 193 g/mol. The molecule has 0 radical (unpaired) electrons. The Morgan fingerprint density at radius 2 is 2.38 bits per heavy atom. The number of carbonyl (C=O) groups is 1. The van der Waals surface area contributed by atoms with E-state index in [0.29, 0.717) is 5.37 Å². The second-order valence-corrected chi connectivity index (χ2v) is 4.34. The van der Waals surface area contributed by atoms with Crippen LogP contribution in [0.1, 0.15) is 19.8 Å². The van der Waals surface area contributed by atoms with Crippen LogP contribution in [0.25, 0.3) is 0 Å². The fourth-order valence-electron chi connectivity index (χ4n) is 1.39. The van der Waals surface area contributed by atoms with E-state index < -0.39 is 0 Å². The van der Waals surface area contributed by atoms with Gasteiger partial charge in [0.25, 0.3) is 0 Å². The monoisotopic (exact) mass is 193 g/mol. The number of rotatable bonds is 2. The van der Waals surface area contributed by atoms with Gasteiger partial charge in [-0.1, -0.05) is 25.1 Å². The van der Waals surface area contributed by atoms with Crippen molar-refractivity contribution in [2.75, 3.05) is 0 Å². The molecule has 0 amide bonds. The van der Waals surface area contributed by atoms with Crippen LogP contribution in [0, 0.1) is 0 Å². The number of ketones is 1. The van der Waals surface area contributed by atoms with Crippen molar-refractivity contribution < 1.29 is 4.79 Å². The number of nitrogens with zero attached hydrogens (tertiary/aromatic N) is 1. The summed E-state index contributed by atoms with van der Waals surface area (Å²) in [6.07, 6.45) is 7.31. The van der Waals surface area contributed by atoms with Crippen molar-refractivity contribution in [3.8, 4) is 0 Å². The van der Waals surface area contributed by atoms with Gasteiger partial charge in [-0.25, -0.2) is 0 Å². The molecule has 1 aliphatic carbocycles. The Balaban J connectivity index is 2.17.